The molecule has 1 heterocycles. The van der Waals surface area contributed by atoms with Crippen LogP contribution in [0.4, 0.5) is 0 Å². The van der Waals surface area contributed by atoms with Crippen molar-refractivity contribution in [2.45, 2.75) is 44.6 Å². The molecule has 122 valence electrons. The lowest BCUT2D eigenvalue weighted by atomic mass is 10.1. The molecule has 1 amide bonds. The first kappa shape index (κ1) is 15.7. The average molecular weight is 314 g/mol. The molecule has 6 heteroatoms. The summed E-state index contributed by atoms with van der Waals surface area (Å²) in [5.41, 5.74) is 0.920. The van der Waals surface area contributed by atoms with E-state index in [4.69, 9.17) is 5.11 Å². The first-order valence-corrected chi connectivity index (χ1v) is 8.17. The van der Waals surface area contributed by atoms with Crippen LogP contribution in [0.5, 0.6) is 0 Å². The van der Waals surface area contributed by atoms with E-state index in [1.807, 2.05) is 37.3 Å². The lowest BCUT2D eigenvalue weighted by Crippen LogP contribution is -2.35. The quantitative estimate of drug-likeness (QED) is 0.819. The van der Waals surface area contributed by atoms with Crippen molar-refractivity contribution in [3.63, 3.8) is 0 Å². The molecule has 1 aromatic carbocycles. The molecule has 2 aromatic rings. The monoisotopic (exact) mass is 314 g/mol. The van der Waals surface area contributed by atoms with E-state index in [9.17, 15) is 4.79 Å². The molecule has 3 rings (SSSR count). The van der Waals surface area contributed by atoms with Gasteiger partial charge in [0.05, 0.1) is 5.69 Å². The molecule has 23 heavy (non-hydrogen) atoms. The van der Waals surface area contributed by atoms with Gasteiger partial charge in [-0.1, -0.05) is 25.1 Å². The maximum absolute atomic E-state index is 12.4. The van der Waals surface area contributed by atoms with E-state index in [1.165, 1.54) is 0 Å². The molecule has 6 nitrogen and oxygen atoms in total. The number of amides is 1. The third-order valence-corrected chi connectivity index (χ3v) is 4.08. The summed E-state index contributed by atoms with van der Waals surface area (Å²) in [6.45, 7) is 2.03. The molecule has 0 bridgehead atoms. The Labute approximate surface area is 135 Å². The largest absolute Gasteiger partial charge is 0.396 e. The second kappa shape index (κ2) is 6.91. The van der Waals surface area contributed by atoms with E-state index in [0.717, 1.165) is 30.8 Å². The van der Waals surface area contributed by atoms with Crippen LogP contribution < -0.4 is 5.32 Å². The normalized spacial score (nSPS) is 15.4. The number of hydrogen-bond acceptors (Lipinski definition) is 4. The molecule has 1 aliphatic carbocycles. The van der Waals surface area contributed by atoms with E-state index in [-0.39, 0.29) is 24.4 Å². The van der Waals surface area contributed by atoms with Gasteiger partial charge in [-0.25, -0.2) is 9.67 Å². The number of aliphatic hydroxyl groups excluding tert-OH is 1. The fourth-order valence-corrected chi connectivity index (χ4v) is 2.57. The Balaban J connectivity index is 1.84. The topological polar surface area (TPSA) is 80.0 Å². The van der Waals surface area contributed by atoms with Crippen molar-refractivity contribution in [2.75, 3.05) is 6.61 Å². The standard InChI is InChI=1S/C17H22N4O2/c1-2-13(10-11-22)18-17(23)15-19-16(12-8-9-12)21(20-15)14-6-4-3-5-7-14/h3-7,12-13,22H,2,8-11H2,1H3,(H,18,23). The molecular weight excluding hydrogens is 292 g/mol. The SMILES string of the molecule is CCC(CCO)NC(=O)c1nc(C2CC2)n(-c2ccccc2)n1. The summed E-state index contributed by atoms with van der Waals surface area (Å²) < 4.78 is 1.78. The minimum Gasteiger partial charge on any atom is -0.396 e. The first-order chi connectivity index (χ1) is 11.2. The molecule has 1 atom stereocenters. The van der Waals surface area contributed by atoms with Crippen LogP contribution in [0.25, 0.3) is 5.69 Å². The van der Waals surface area contributed by atoms with Gasteiger partial charge < -0.3 is 10.4 Å². The highest BCUT2D eigenvalue weighted by Gasteiger charge is 2.31. The third kappa shape index (κ3) is 3.59. The van der Waals surface area contributed by atoms with E-state index >= 15 is 0 Å². The number of benzene rings is 1. The van der Waals surface area contributed by atoms with Gasteiger partial charge in [-0.3, -0.25) is 4.79 Å². The maximum atomic E-state index is 12.4. The molecule has 0 radical (unpaired) electrons. The Morgan fingerprint density at radius 2 is 2.13 bits per heavy atom. The lowest BCUT2D eigenvalue weighted by molar-refractivity contribution is 0.0918. The number of rotatable bonds is 7. The van der Waals surface area contributed by atoms with Crippen molar-refractivity contribution < 1.29 is 9.90 Å². The molecule has 1 saturated carbocycles. The maximum Gasteiger partial charge on any atom is 0.291 e. The van der Waals surface area contributed by atoms with Gasteiger partial charge in [0.2, 0.25) is 5.82 Å². The minimum atomic E-state index is -0.276. The van der Waals surface area contributed by atoms with Gasteiger partial charge in [0.15, 0.2) is 0 Å². The summed E-state index contributed by atoms with van der Waals surface area (Å²) in [6, 6.07) is 9.71. The zero-order valence-electron chi connectivity index (χ0n) is 13.3. The second-order valence-electron chi connectivity index (χ2n) is 5.91. The van der Waals surface area contributed by atoms with Crippen molar-refractivity contribution in [1.29, 1.82) is 0 Å². The Kier molecular flexibility index (Phi) is 4.71. The Bertz CT molecular complexity index is 664. The number of nitrogens with one attached hydrogen (secondary N) is 1. The van der Waals surface area contributed by atoms with Crippen LogP contribution in [0.2, 0.25) is 0 Å². The number of aromatic nitrogens is 3. The van der Waals surface area contributed by atoms with Crippen molar-refractivity contribution in [3.05, 3.63) is 42.0 Å². The highest BCUT2D eigenvalue weighted by Crippen LogP contribution is 2.39. The van der Waals surface area contributed by atoms with Gasteiger partial charge in [-0.15, -0.1) is 5.10 Å². The zero-order chi connectivity index (χ0) is 16.2. The smallest absolute Gasteiger partial charge is 0.291 e. The molecule has 1 aromatic heterocycles. The number of hydrogen-bond donors (Lipinski definition) is 2. The van der Waals surface area contributed by atoms with Crippen LogP contribution in [0.3, 0.4) is 0 Å². The van der Waals surface area contributed by atoms with Crippen molar-refractivity contribution in [2.24, 2.45) is 0 Å². The third-order valence-electron chi connectivity index (χ3n) is 4.08. The summed E-state index contributed by atoms with van der Waals surface area (Å²) in [5.74, 6) is 1.18. The van der Waals surface area contributed by atoms with Crippen molar-refractivity contribution in [3.8, 4) is 5.69 Å². The van der Waals surface area contributed by atoms with Gasteiger partial charge in [0.25, 0.3) is 5.91 Å². The Hall–Kier alpha value is -2.21. The van der Waals surface area contributed by atoms with Gasteiger partial charge in [0, 0.05) is 18.6 Å². The summed E-state index contributed by atoms with van der Waals surface area (Å²) >= 11 is 0. The average Bonchev–Trinajstić information content (AvgIpc) is 3.33. The van der Waals surface area contributed by atoms with Crippen LogP contribution in [-0.2, 0) is 0 Å². The fourth-order valence-electron chi connectivity index (χ4n) is 2.57. The molecule has 1 fully saturated rings. The first-order valence-electron chi connectivity index (χ1n) is 8.17. The summed E-state index contributed by atoms with van der Waals surface area (Å²) in [5, 5.41) is 16.4. The molecule has 2 N–H and O–H groups in total. The van der Waals surface area contributed by atoms with Gasteiger partial charge in [-0.05, 0) is 37.8 Å². The number of carbonyl (C=O) groups is 1. The summed E-state index contributed by atoms with van der Waals surface area (Å²) in [7, 11) is 0. The molecule has 0 aliphatic heterocycles. The van der Waals surface area contributed by atoms with Gasteiger partial charge >= 0.3 is 0 Å². The van der Waals surface area contributed by atoms with Crippen LogP contribution in [0.1, 0.15) is 55.0 Å². The van der Waals surface area contributed by atoms with Crippen LogP contribution in [-0.4, -0.2) is 38.4 Å². The lowest BCUT2D eigenvalue weighted by Gasteiger charge is -2.13. The van der Waals surface area contributed by atoms with Crippen molar-refractivity contribution in [1.82, 2.24) is 20.1 Å². The predicted molar refractivity (Wildman–Crippen MR) is 86.6 cm³/mol. The van der Waals surface area contributed by atoms with E-state index in [2.05, 4.69) is 15.4 Å². The Morgan fingerprint density at radius 3 is 2.74 bits per heavy atom. The molecule has 0 spiro atoms. The Morgan fingerprint density at radius 1 is 1.39 bits per heavy atom. The molecular formula is C17H22N4O2. The predicted octanol–water partition coefficient (Wildman–Crippen LogP) is 2.04. The van der Waals surface area contributed by atoms with Crippen LogP contribution >= 0.6 is 0 Å². The van der Waals surface area contributed by atoms with Crippen molar-refractivity contribution >= 4 is 5.91 Å². The fraction of sp³-hybridized carbons (Fsp3) is 0.471. The van der Waals surface area contributed by atoms with Crippen LogP contribution in [0, 0.1) is 0 Å². The number of carbonyl (C=O) groups excluding carboxylic acids is 1. The number of para-hydroxylation sites is 1. The highest BCUT2D eigenvalue weighted by atomic mass is 16.3. The highest BCUT2D eigenvalue weighted by molar-refractivity contribution is 5.90. The zero-order valence-corrected chi connectivity index (χ0v) is 13.3. The molecule has 1 aliphatic rings. The van der Waals surface area contributed by atoms with E-state index < -0.39 is 0 Å². The number of nitrogens with zero attached hydrogens (tertiary/aromatic N) is 3. The van der Waals surface area contributed by atoms with E-state index in [1.54, 1.807) is 4.68 Å². The summed E-state index contributed by atoms with van der Waals surface area (Å²) in [6.07, 6.45) is 3.49. The summed E-state index contributed by atoms with van der Waals surface area (Å²) in [4.78, 5) is 16.9. The minimum absolute atomic E-state index is 0.0536. The van der Waals surface area contributed by atoms with Gasteiger partial charge in [0.1, 0.15) is 5.82 Å². The molecule has 0 saturated heterocycles. The van der Waals surface area contributed by atoms with Crippen LogP contribution in [0.15, 0.2) is 30.3 Å². The molecule has 1 unspecified atom stereocenters. The van der Waals surface area contributed by atoms with E-state index in [0.29, 0.717) is 12.3 Å². The number of aliphatic hydroxyl groups is 1. The van der Waals surface area contributed by atoms with Gasteiger partial charge in [-0.2, -0.15) is 0 Å². The second-order valence-corrected chi connectivity index (χ2v) is 5.91.